The largest absolute Gasteiger partial charge is 0.467 e. The number of esters is 1. The standard InChI is InChI=1S/C28H33N5O5S2/c1-38-27(36)23(13-17-15-29-21-10-5-4-9-20(17)21)31-26(35)25-22(11-12-33(25)24(34)16-39-2)32-28(37)30-18-7-6-8-19(14-18)40-3/h4-10,14-15,22-23,25,29H,11-13,16H2,1-3H3,(H,31,35)(H2,30,32,37). The van der Waals surface area contributed by atoms with E-state index in [2.05, 4.69) is 20.9 Å². The topological polar surface area (TPSA) is 133 Å². The number of methoxy groups -OCH3 is 1. The molecule has 0 saturated carbocycles. The molecular formula is C28H33N5O5S2. The molecule has 0 spiro atoms. The molecule has 1 aliphatic heterocycles. The summed E-state index contributed by atoms with van der Waals surface area (Å²) in [5.74, 6) is -1.15. The summed E-state index contributed by atoms with van der Waals surface area (Å²) in [6.45, 7) is 0.301. The quantitative estimate of drug-likeness (QED) is 0.213. The van der Waals surface area contributed by atoms with Crippen LogP contribution in [0.15, 0.2) is 59.6 Å². The second kappa shape index (κ2) is 13.6. The molecule has 3 unspecified atom stereocenters. The fourth-order valence-electron chi connectivity index (χ4n) is 4.90. The highest BCUT2D eigenvalue weighted by molar-refractivity contribution is 7.99. The Morgan fingerprint density at radius 3 is 2.67 bits per heavy atom. The van der Waals surface area contributed by atoms with Crippen molar-refractivity contribution in [3.63, 3.8) is 0 Å². The van der Waals surface area contributed by atoms with E-state index in [1.165, 1.54) is 23.8 Å². The summed E-state index contributed by atoms with van der Waals surface area (Å²) in [5, 5.41) is 9.42. The number of nitrogens with one attached hydrogen (secondary N) is 4. The zero-order valence-corrected chi connectivity index (χ0v) is 24.2. The minimum Gasteiger partial charge on any atom is -0.467 e. The van der Waals surface area contributed by atoms with Crippen molar-refractivity contribution in [3.8, 4) is 0 Å². The molecule has 1 fully saturated rings. The lowest BCUT2D eigenvalue weighted by Crippen LogP contribution is -2.58. The van der Waals surface area contributed by atoms with Crippen molar-refractivity contribution in [2.75, 3.05) is 37.2 Å². The van der Waals surface area contributed by atoms with Gasteiger partial charge in [-0.15, -0.1) is 11.8 Å². The number of benzene rings is 2. The van der Waals surface area contributed by atoms with E-state index >= 15 is 0 Å². The Labute approximate surface area is 241 Å². The highest BCUT2D eigenvalue weighted by Gasteiger charge is 2.43. The molecule has 1 saturated heterocycles. The van der Waals surface area contributed by atoms with Gasteiger partial charge in [0.1, 0.15) is 12.1 Å². The first-order valence-corrected chi connectivity index (χ1v) is 15.4. The van der Waals surface area contributed by atoms with Crippen molar-refractivity contribution in [1.29, 1.82) is 0 Å². The number of hydrogen-bond donors (Lipinski definition) is 4. The van der Waals surface area contributed by atoms with E-state index in [0.29, 0.717) is 18.7 Å². The molecule has 0 aliphatic carbocycles. The lowest BCUT2D eigenvalue weighted by atomic mass is 10.0. The van der Waals surface area contributed by atoms with Crippen LogP contribution in [0, 0.1) is 0 Å². The number of likely N-dealkylation sites (tertiary alicyclic amines) is 1. The number of amides is 4. The molecule has 1 aromatic heterocycles. The Hall–Kier alpha value is -3.64. The number of rotatable bonds is 10. The number of anilines is 1. The van der Waals surface area contributed by atoms with Gasteiger partial charge in [-0.3, -0.25) is 9.59 Å². The lowest BCUT2D eigenvalue weighted by molar-refractivity contribution is -0.146. The molecule has 212 valence electrons. The number of H-pyrrole nitrogens is 1. The number of carbonyl (C=O) groups excluding carboxylic acids is 4. The number of fused-ring (bicyclic) bond motifs is 1. The number of aromatic nitrogens is 1. The molecule has 3 aromatic rings. The van der Waals surface area contributed by atoms with Crippen molar-refractivity contribution in [3.05, 3.63) is 60.3 Å². The summed E-state index contributed by atoms with van der Waals surface area (Å²) in [6.07, 6.45) is 6.14. The average Bonchev–Trinajstić information content (AvgIpc) is 3.56. The van der Waals surface area contributed by atoms with Crippen molar-refractivity contribution in [1.82, 2.24) is 20.5 Å². The van der Waals surface area contributed by atoms with Crippen LogP contribution in [0.25, 0.3) is 10.9 Å². The summed E-state index contributed by atoms with van der Waals surface area (Å²) in [7, 11) is 1.27. The molecule has 4 rings (SSSR count). The maximum absolute atomic E-state index is 13.7. The number of aromatic amines is 1. The third-order valence-corrected chi connectivity index (χ3v) is 8.06. The normalized spacial score (nSPS) is 17.3. The highest BCUT2D eigenvalue weighted by Crippen LogP contribution is 2.23. The number of nitrogens with zero attached hydrogens (tertiary/aromatic N) is 1. The van der Waals surface area contributed by atoms with Crippen LogP contribution in [0.4, 0.5) is 10.5 Å². The number of ether oxygens (including phenoxy) is 1. The monoisotopic (exact) mass is 583 g/mol. The molecule has 0 bridgehead atoms. The summed E-state index contributed by atoms with van der Waals surface area (Å²) >= 11 is 2.91. The Morgan fingerprint density at radius 1 is 1.12 bits per heavy atom. The van der Waals surface area contributed by atoms with E-state index in [4.69, 9.17) is 4.74 Å². The van der Waals surface area contributed by atoms with Crippen LogP contribution in [0.1, 0.15) is 12.0 Å². The molecule has 40 heavy (non-hydrogen) atoms. The van der Waals surface area contributed by atoms with Gasteiger partial charge in [-0.1, -0.05) is 24.3 Å². The van der Waals surface area contributed by atoms with Crippen molar-refractivity contribution < 1.29 is 23.9 Å². The molecule has 2 aromatic carbocycles. The predicted octanol–water partition coefficient (Wildman–Crippen LogP) is 3.24. The van der Waals surface area contributed by atoms with Crippen LogP contribution in [-0.4, -0.2) is 83.7 Å². The van der Waals surface area contributed by atoms with E-state index in [0.717, 1.165) is 21.4 Å². The van der Waals surface area contributed by atoms with Gasteiger partial charge in [0.25, 0.3) is 0 Å². The molecule has 4 amide bonds. The second-order valence-electron chi connectivity index (χ2n) is 9.34. The molecule has 2 heterocycles. The minimum atomic E-state index is -0.988. The van der Waals surface area contributed by atoms with E-state index in [1.807, 2.05) is 55.0 Å². The van der Waals surface area contributed by atoms with Gasteiger partial charge in [0, 0.05) is 40.6 Å². The summed E-state index contributed by atoms with van der Waals surface area (Å²) in [5.41, 5.74) is 2.37. The Balaban J connectivity index is 1.52. The number of urea groups is 1. The van der Waals surface area contributed by atoms with Gasteiger partial charge in [0.15, 0.2) is 0 Å². The zero-order chi connectivity index (χ0) is 28.6. The van der Waals surface area contributed by atoms with Gasteiger partial charge in [-0.2, -0.15) is 11.8 Å². The first kappa shape index (κ1) is 29.3. The fourth-order valence-corrected chi connectivity index (χ4v) is 5.78. The molecule has 3 atom stereocenters. The molecule has 0 radical (unpaired) electrons. The van der Waals surface area contributed by atoms with Crippen LogP contribution < -0.4 is 16.0 Å². The van der Waals surface area contributed by atoms with Gasteiger partial charge >= 0.3 is 12.0 Å². The van der Waals surface area contributed by atoms with Crippen molar-refractivity contribution in [2.45, 2.75) is 35.9 Å². The zero-order valence-electron chi connectivity index (χ0n) is 22.6. The van der Waals surface area contributed by atoms with Gasteiger partial charge < -0.3 is 30.6 Å². The smallest absolute Gasteiger partial charge is 0.328 e. The molecule has 4 N–H and O–H groups in total. The average molecular weight is 584 g/mol. The van der Waals surface area contributed by atoms with Crippen LogP contribution >= 0.6 is 23.5 Å². The number of carbonyl (C=O) groups is 4. The van der Waals surface area contributed by atoms with Gasteiger partial charge in [0.2, 0.25) is 11.8 Å². The van der Waals surface area contributed by atoms with E-state index in [-0.39, 0.29) is 18.1 Å². The molecule has 12 heteroatoms. The second-order valence-corrected chi connectivity index (χ2v) is 11.1. The van der Waals surface area contributed by atoms with Crippen LogP contribution in [0.5, 0.6) is 0 Å². The first-order valence-electron chi connectivity index (χ1n) is 12.8. The maximum atomic E-state index is 13.7. The van der Waals surface area contributed by atoms with Crippen LogP contribution in [-0.2, 0) is 25.5 Å². The van der Waals surface area contributed by atoms with Crippen molar-refractivity contribution in [2.24, 2.45) is 0 Å². The lowest BCUT2D eigenvalue weighted by Gasteiger charge is -2.29. The van der Waals surface area contributed by atoms with Crippen LogP contribution in [0.3, 0.4) is 0 Å². The molecular weight excluding hydrogens is 550 g/mol. The maximum Gasteiger partial charge on any atom is 0.328 e. The van der Waals surface area contributed by atoms with E-state index < -0.39 is 36.0 Å². The van der Waals surface area contributed by atoms with Crippen LogP contribution in [0.2, 0.25) is 0 Å². The van der Waals surface area contributed by atoms with Gasteiger partial charge in [-0.05, 0) is 48.8 Å². The third-order valence-electron chi connectivity index (χ3n) is 6.80. The Kier molecular flexibility index (Phi) is 9.99. The SMILES string of the molecule is COC(=O)C(Cc1c[nH]c2ccccc12)NC(=O)C1C(NC(=O)Nc2cccc(SC)c2)CCN1C(=O)CSC. The first-order chi connectivity index (χ1) is 19.3. The summed E-state index contributed by atoms with van der Waals surface area (Å²) < 4.78 is 5.00. The minimum absolute atomic E-state index is 0.193. The third kappa shape index (κ3) is 6.92. The molecule has 10 nitrogen and oxygen atoms in total. The summed E-state index contributed by atoms with van der Waals surface area (Å²) in [6, 6.07) is 12.0. The Morgan fingerprint density at radius 2 is 1.93 bits per heavy atom. The number of para-hydroxylation sites is 1. The highest BCUT2D eigenvalue weighted by atomic mass is 32.2. The number of thioether (sulfide) groups is 2. The summed E-state index contributed by atoms with van der Waals surface area (Å²) in [4.78, 5) is 57.9. The van der Waals surface area contributed by atoms with Crippen molar-refractivity contribution >= 4 is 63.9 Å². The molecule has 1 aliphatic rings. The fraction of sp³-hybridized carbons (Fsp3) is 0.357. The van der Waals surface area contributed by atoms with Gasteiger partial charge in [-0.25, -0.2) is 9.59 Å². The number of hydrogen-bond acceptors (Lipinski definition) is 7. The van der Waals surface area contributed by atoms with Gasteiger partial charge in [0.05, 0.1) is 18.9 Å². The Bertz CT molecular complexity index is 1380. The van der Waals surface area contributed by atoms with E-state index in [9.17, 15) is 19.2 Å². The van der Waals surface area contributed by atoms with E-state index in [1.54, 1.807) is 24.0 Å². The predicted molar refractivity (Wildman–Crippen MR) is 159 cm³/mol.